The summed E-state index contributed by atoms with van der Waals surface area (Å²) >= 11 is 1.42. The first-order valence-corrected chi connectivity index (χ1v) is 9.68. The van der Waals surface area contributed by atoms with E-state index in [-0.39, 0.29) is 11.8 Å². The topological polar surface area (TPSA) is 92.5 Å². The van der Waals surface area contributed by atoms with Crippen LogP contribution in [0.3, 0.4) is 0 Å². The van der Waals surface area contributed by atoms with Crippen LogP contribution in [0.4, 0.5) is 11.4 Å². The molecule has 1 saturated heterocycles. The first-order chi connectivity index (χ1) is 13.2. The summed E-state index contributed by atoms with van der Waals surface area (Å²) in [5.41, 5.74) is 1.59. The van der Waals surface area contributed by atoms with Crippen LogP contribution in [-0.4, -0.2) is 43.7 Å². The van der Waals surface area contributed by atoms with Gasteiger partial charge in [-0.1, -0.05) is 11.8 Å². The zero-order valence-corrected chi connectivity index (χ0v) is 15.4. The molecular formula is C18H18N6O2S. The molecule has 0 radical (unpaired) electrons. The SMILES string of the molecule is O=C(CCSc1nc2ncccn2n1)Nc1ccc(N2CCCC2=O)cc1. The maximum Gasteiger partial charge on any atom is 0.253 e. The van der Waals surface area contributed by atoms with Crippen LogP contribution in [-0.2, 0) is 9.59 Å². The average molecular weight is 382 g/mol. The molecule has 3 aromatic rings. The van der Waals surface area contributed by atoms with Gasteiger partial charge in [-0.2, -0.15) is 4.98 Å². The van der Waals surface area contributed by atoms with E-state index in [2.05, 4.69) is 20.4 Å². The Hall–Kier alpha value is -2.94. The highest BCUT2D eigenvalue weighted by Crippen LogP contribution is 2.23. The number of thioether (sulfide) groups is 1. The van der Waals surface area contributed by atoms with Gasteiger partial charge in [-0.25, -0.2) is 9.50 Å². The predicted octanol–water partition coefficient (Wildman–Crippen LogP) is 2.37. The maximum absolute atomic E-state index is 12.1. The van der Waals surface area contributed by atoms with Crippen molar-refractivity contribution in [1.82, 2.24) is 19.6 Å². The van der Waals surface area contributed by atoms with Crippen molar-refractivity contribution >= 4 is 40.7 Å². The molecule has 8 nitrogen and oxygen atoms in total. The van der Waals surface area contributed by atoms with Crippen molar-refractivity contribution in [2.75, 3.05) is 22.5 Å². The van der Waals surface area contributed by atoms with Gasteiger partial charge in [0.1, 0.15) is 0 Å². The molecule has 138 valence electrons. The Bertz CT molecular complexity index is 938. The number of hydrogen-bond acceptors (Lipinski definition) is 6. The van der Waals surface area contributed by atoms with Crippen molar-refractivity contribution in [3.63, 3.8) is 0 Å². The van der Waals surface area contributed by atoms with E-state index in [1.807, 2.05) is 24.3 Å². The van der Waals surface area contributed by atoms with Crippen molar-refractivity contribution in [2.24, 2.45) is 0 Å². The molecule has 0 aliphatic carbocycles. The second-order valence-corrected chi connectivity index (χ2v) is 7.16. The minimum absolute atomic E-state index is 0.0746. The molecule has 4 rings (SSSR count). The fourth-order valence-corrected chi connectivity index (χ4v) is 3.64. The number of fused-ring (bicyclic) bond motifs is 1. The Balaban J connectivity index is 1.27. The zero-order valence-electron chi connectivity index (χ0n) is 14.5. The van der Waals surface area contributed by atoms with Gasteiger partial charge < -0.3 is 10.2 Å². The monoisotopic (exact) mass is 382 g/mol. The number of nitrogens with zero attached hydrogens (tertiary/aromatic N) is 5. The third-order valence-corrected chi connectivity index (χ3v) is 5.03. The number of rotatable bonds is 6. The fraction of sp³-hybridized carbons (Fsp3) is 0.278. The average Bonchev–Trinajstić information content (AvgIpc) is 3.28. The molecule has 1 aromatic carbocycles. The molecule has 2 amide bonds. The normalized spacial score (nSPS) is 14.1. The second-order valence-electron chi connectivity index (χ2n) is 6.10. The van der Waals surface area contributed by atoms with Crippen LogP contribution >= 0.6 is 11.8 Å². The Kier molecular flexibility index (Phi) is 5.01. The highest BCUT2D eigenvalue weighted by atomic mass is 32.2. The third kappa shape index (κ3) is 4.08. The number of benzene rings is 1. The summed E-state index contributed by atoms with van der Waals surface area (Å²) in [7, 11) is 0. The molecule has 1 aliphatic rings. The zero-order chi connectivity index (χ0) is 18.6. The minimum atomic E-state index is -0.0746. The molecule has 0 atom stereocenters. The van der Waals surface area contributed by atoms with Gasteiger partial charge in [0.2, 0.25) is 17.0 Å². The first-order valence-electron chi connectivity index (χ1n) is 8.69. The van der Waals surface area contributed by atoms with Gasteiger partial charge in [0.15, 0.2) is 0 Å². The van der Waals surface area contributed by atoms with E-state index in [1.165, 1.54) is 11.8 Å². The van der Waals surface area contributed by atoms with Crippen molar-refractivity contribution in [3.05, 3.63) is 42.7 Å². The fourth-order valence-electron chi connectivity index (χ4n) is 2.88. The van der Waals surface area contributed by atoms with Crippen molar-refractivity contribution in [1.29, 1.82) is 0 Å². The van der Waals surface area contributed by atoms with Crippen LogP contribution in [0.25, 0.3) is 5.78 Å². The highest BCUT2D eigenvalue weighted by molar-refractivity contribution is 7.99. The number of nitrogens with one attached hydrogen (secondary N) is 1. The summed E-state index contributed by atoms with van der Waals surface area (Å²) in [5.74, 6) is 1.19. The molecule has 27 heavy (non-hydrogen) atoms. The summed E-state index contributed by atoms with van der Waals surface area (Å²) in [6.07, 6.45) is 5.29. The number of anilines is 2. The van der Waals surface area contributed by atoms with Crippen LogP contribution in [0.2, 0.25) is 0 Å². The van der Waals surface area contributed by atoms with Gasteiger partial charge >= 0.3 is 0 Å². The predicted molar refractivity (Wildman–Crippen MR) is 103 cm³/mol. The van der Waals surface area contributed by atoms with Gasteiger partial charge in [0.05, 0.1) is 0 Å². The van der Waals surface area contributed by atoms with E-state index < -0.39 is 0 Å². The van der Waals surface area contributed by atoms with Crippen molar-refractivity contribution in [3.8, 4) is 0 Å². The Morgan fingerprint density at radius 3 is 2.85 bits per heavy atom. The summed E-state index contributed by atoms with van der Waals surface area (Å²) in [6, 6.07) is 9.15. The van der Waals surface area contributed by atoms with Crippen molar-refractivity contribution in [2.45, 2.75) is 24.4 Å². The lowest BCUT2D eigenvalue weighted by molar-refractivity contribution is -0.117. The minimum Gasteiger partial charge on any atom is -0.326 e. The summed E-state index contributed by atoms with van der Waals surface area (Å²) in [6.45, 7) is 0.758. The van der Waals surface area contributed by atoms with E-state index in [0.717, 1.165) is 24.3 Å². The van der Waals surface area contributed by atoms with Gasteiger partial charge in [0.25, 0.3) is 5.78 Å². The van der Waals surface area contributed by atoms with Crippen LogP contribution < -0.4 is 10.2 Å². The molecular weight excluding hydrogens is 364 g/mol. The summed E-state index contributed by atoms with van der Waals surface area (Å²) in [4.78, 5) is 34.1. The van der Waals surface area contributed by atoms with Crippen LogP contribution in [0.1, 0.15) is 19.3 Å². The van der Waals surface area contributed by atoms with E-state index in [1.54, 1.807) is 27.9 Å². The van der Waals surface area contributed by atoms with Crippen LogP contribution in [0, 0.1) is 0 Å². The number of carbonyl (C=O) groups is 2. The molecule has 3 heterocycles. The Morgan fingerprint density at radius 1 is 1.26 bits per heavy atom. The molecule has 1 N–H and O–H groups in total. The van der Waals surface area contributed by atoms with Gasteiger partial charge in [-0.15, -0.1) is 5.10 Å². The second kappa shape index (κ2) is 7.75. The lowest BCUT2D eigenvalue weighted by Gasteiger charge is -2.16. The maximum atomic E-state index is 12.1. The number of aromatic nitrogens is 4. The van der Waals surface area contributed by atoms with Crippen LogP contribution in [0.15, 0.2) is 47.9 Å². The smallest absolute Gasteiger partial charge is 0.253 e. The van der Waals surface area contributed by atoms with Gasteiger partial charge in [-0.3, -0.25) is 9.59 Å². The van der Waals surface area contributed by atoms with Crippen molar-refractivity contribution < 1.29 is 9.59 Å². The molecule has 0 saturated carbocycles. The Labute approximate surface area is 160 Å². The molecule has 2 aromatic heterocycles. The van der Waals surface area contributed by atoms with E-state index in [4.69, 9.17) is 0 Å². The van der Waals surface area contributed by atoms with E-state index >= 15 is 0 Å². The highest BCUT2D eigenvalue weighted by Gasteiger charge is 2.21. The third-order valence-electron chi connectivity index (χ3n) is 4.19. The summed E-state index contributed by atoms with van der Waals surface area (Å²) in [5, 5.41) is 7.76. The lowest BCUT2D eigenvalue weighted by atomic mass is 10.2. The molecule has 1 aliphatic heterocycles. The first kappa shape index (κ1) is 17.5. The lowest BCUT2D eigenvalue weighted by Crippen LogP contribution is -2.23. The van der Waals surface area contributed by atoms with E-state index in [9.17, 15) is 9.59 Å². The summed E-state index contributed by atoms with van der Waals surface area (Å²) < 4.78 is 1.61. The number of amides is 2. The van der Waals surface area contributed by atoms with Gasteiger partial charge in [0, 0.05) is 48.9 Å². The molecule has 0 unspecified atom stereocenters. The van der Waals surface area contributed by atoms with Crippen LogP contribution in [0.5, 0.6) is 0 Å². The quantitative estimate of drug-likeness (QED) is 0.658. The Morgan fingerprint density at radius 2 is 2.11 bits per heavy atom. The molecule has 0 bridgehead atoms. The standard InChI is InChI=1S/C18H18N6O2S/c25-15(8-12-27-18-21-17-19-9-2-11-24(17)22-18)20-13-4-6-14(7-5-13)23-10-1-3-16(23)26/h2,4-7,9,11H,1,3,8,10,12H2,(H,20,25). The van der Waals surface area contributed by atoms with Gasteiger partial charge in [-0.05, 0) is 36.8 Å². The molecule has 1 fully saturated rings. The molecule has 9 heteroatoms. The number of carbonyl (C=O) groups excluding carboxylic acids is 2. The number of hydrogen-bond donors (Lipinski definition) is 1. The van der Waals surface area contributed by atoms with E-state index in [0.29, 0.717) is 29.5 Å². The molecule has 0 spiro atoms. The largest absolute Gasteiger partial charge is 0.326 e.